The minimum atomic E-state index is -4.62. The zero-order valence-corrected chi connectivity index (χ0v) is 20.3. The molecule has 4 aromatic rings. The van der Waals surface area contributed by atoms with Crippen LogP contribution in [0.15, 0.2) is 42.7 Å². The number of aromatic amines is 2. The fourth-order valence-electron chi connectivity index (χ4n) is 3.53. The summed E-state index contributed by atoms with van der Waals surface area (Å²) >= 11 is 1.18. The van der Waals surface area contributed by atoms with Crippen molar-refractivity contribution in [2.75, 3.05) is 37.5 Å². The monoisotopic (exact) mass is 534 g/mol. The smallest absolute Gasteiger partial charge is 0.375 e. The predicted molar refractivity (Wildman–Crippen MR) is 132 cm³/mol. The standard InChI is InChI=1S/C23H21F3N6O4S/c1-32(18(33)10-36-2)13-3-4-14-15(7-13)30-20(19(14)22(35)27-11-23(24,25)26)31-21(34)17-6-5-16(37-17)12-8-28-29-9-12/h3-9,30H,10-11H2,1-2H3,(H,27,35)(H,28,29)(H,31,34). The molecule has 0 saturated carbocycles. The van der Waals surface area contributed by atoms with Gasteiger partial charge in [0.15, 0.2) is 0 Å². The van der Waals surface area contributed by atoms with Gasteiger partial charge in [0.1, 0.15) is 19.0 Å². The number of hydrogen-bond acceptors (Lipinski definition) is 6. The van der Waals surface area contributed by atoms with Crippen molar-refractivity contribution >= 4 is 51.5 Å². The molecule has 1 aromatic carbocycles. The van der Waals surface area contributed by atoms with Gasteiger partial charge in [0.05, 0.1) is 16.6 Å². The SMILES string of the molecule is COCC(=O)N(C)c1ccc2c(C(=O)NCC(F)(F)F)c(NC(=O)c3ccc(-c4cn[nH]c4)s3)[nH]c2c1. The van der Waals surface area contributed by atoms with Crippen LogP contribution in [0, 0.1) is 0 Å². The number of carbonyl (C=O) groups is 3. The highest BCUT2D eigenvalue weighted by Gasteiger charge is 2.30. The van der Waals surface area contributed by atoms with Gasteiger partial charge in [0.2, 0.25) is 0 Å². The van der Waals surface area contributed by atoms with Crippen LogP contribution in [0.4, 0.5) is 24.7 Å². The number of anilines is 2. The number of rotatable bonds is 8. The van der Waals surface area contributed by atoms with Gasteiger partial charge in [-0.2, -0.15) is 18.3 Å². The van der Waals surface area contributed by atoms with Crippen molar-refractivity contribution in [3.63, 3.8) is 0 Å². The van der Waals surface area contributed by atoms with Crippen LogP contribution in [0.3, 0.4) is 0 Å². The molecule has 3 heterocycles. The van der Waals surface area contributed by atoms with E-state index in [1.54, 1.807) is 30.6 Å². The maximum absolute atomic E-state index is 13.0. The van der Waals surface area contributed by atoms with Gasteiger partial charge in [-0.1, -0.05) is 0 Å². The summed E-state index contributed by atoms with van der Waals surface area (Å²) in [7, 11) is 2.91. The molecule has 0 spiro atoms. The molecule has 0 unspecified atom stereocenters. The van der Waals surface area contributed by atoms with E-state index in [-0.39, 0.29) is 29.3 Å². The first-order valence-electron chi connectivity index (χ1n) is 10.7. The maximum atomic E-state index is 13.0. The number of thiophene rings is 1. The van der Waals surface area contributed by atoms with Crippen molar-refractivity contribution in [2.45, 2.75) is 6.18 Å². The van der Waals surface area contributed by atoms with Crippen molar-refractivity contribution in [1.29, 1.82) is 0 Å². The highest BCUT2D eigenvalue weighted by molar-refractivity contribution is 7.17. The first-order chi connectivity index (χ1) is 17.6. The number of likely N-dealkylation sites (N-methyl/N-ethyl adjacent to an activating group) is 1. The quantitative estimate of drug-likeness (QED) is 0.273. The van der Waals surface area contributed by atoms with Crippen LogP contribution in [0.25, 0.3) is 21.3 Å². The average molecular weight is 535 g/mol. The van der Waals surface area contributed by atoms with Gasteiger partial charge < -0.3 is 25.3 Å². The molecule has 0 radical (unpaired) electrons. The summed E-state index contributed by atoms with van der Waals surface area (Å²) < 4.78 is 43.1. The first kappa shape index (κ1) is 25.9. The third-order valence-electron chi connectivity index (χ3n) is 5.34. The molecule has 0 aliphatic heterocycles. The zero-order chi connectivity index (χ0) is 26.7. The van der Waals surface area contributed by atoms with Crippen LogP contribution in [0.1, 0.15) is 20.0 Å². The second-order valence-electron chi connectivity index (χ2n) is 7.89. The van der Waals surface area contributed by atoms with E-state index in [0.717, 1.165) is 10.4 Å². The number of aromatic nitrogens is 3. The van der Waals surface area contributed by atoms with E-state index in [1.807, 2.05) is 5.32 Å². The summed E-state index contributed by atoms with van der Waals surface area (Å²) in [6.07, 6.45) is -1.36. The van der Waals surface area contributed by atoms with Gasteiger partial charge in [-0.15, -0.1) is 11.3 Å². The molecule has 0 fully saturated rings. The number of carbonyl (C=O) groups excluding carboxylic acids is 3. The normalized spacial score (nSPS) is 11.5. The molecule has 4 rings (SSSR count). The molecular weight excluding hydrogens is 513 g/mol. The highest BCUT2D eigenvalue weighted by atomic mass is 32.1. The van der Waals surface area contributed by atoms with E-state index in [1.165, 1.54) is 42.5 Å². The van der Waals surface area contributed by atoms with Gasteiger partial charge in [-0.05, 0) is 30.3 Å². The van der Waals surface area contributed by atoms with Crippen LogP contribution >= 0.6 is 11.3 Å². The number of alkyl halides is 3. The number of amides is 3. The molecule has 0 atom stereocenters. The molecule has 0 saturated heterocycles. The second kappa shape index (κ2) is 10.4. The van der Waals surface area contributed by atoms with Crippen LogP contribution in [-0.2, 0) is 9.53 Å². The Morgan fingerprint density at radius 2 is 1.95 bits per heavy atom. The van der Waals surface area contributed by atoms with E-state index in [0.29, 0.717) is 16.1 Å². The lowest BCUT2D eigenvalue weighted by atomic mass is 10.1. The van der Waals surface area contributed by atoms with Crippen LogP contribution in [-0.4, -0.2) is 66.4 Å². The summed E-state index contributed by atoms with van der Waals surface area (Å²) in [5.41, 5.74) is 1.38. The first-order valence-corrected chi connectivity index (χ1v) is 11.6. The predicted octanol–water partition coefficient (Wildman–Crippen LogP) is 3.77. The Morgan fingerprint density at radius 1 is 1.16 bits per heavy atom. The Bertz CT molecular complexity index is 1440. The summed E-state index contributed by atoms with van der Waals surface area (Å²) in [5, 5.41) is 11.3. The Morgan fingerprint density at radius 3 is 2.62 bits per heavy atom. The lowest BCUT2D eigenvalue weighted by molar-refractivity contribution is -0.123. The summed E-state index contributed by atoms with van der Waals surface area (Å²) in [5.74, 6) is -2.01. The molecule has 194 valence electrons. The van der Waals surface area contributed by atoms with Gasteiger partial charge in [-0.3, -0.25) is 19.5 Å². The third-order valence-corrected chi connectivity index (χ3v) is 6.47. The van der Waals surface area contributed by atoms with Crippen molar-refractivity contribution in [3.8, 4) is 10.4 Å². The van der Waals surface area contributed by atoms with Gasteiger partial charge in [0, 0.05) is 47.4 Å². The zero-order valence-electron chi connectivity index (χ0n) is 19.5. The van der Waals surface area contributed by atoms with Crippen molar-refractivity contribution in [2.24, 2.45) is 0 Å². The lowest BCUT2D eigenvalue weighted by Crippen LogP contribution is -2.34. The molecule has 0 bridgehead atoms. The highest BCUT2D eigenvalue weighted by Crippen LogP contribution is 2.32. The van der Waals surface area contributed by atoms with E-state index in [9.17, 15) is 27.6 Å². The Balaban J connectivity index is 1.68. The number of halogens is 3. The third kappa shape index (κ3) is 5.81. The Hall–Kier alpha value is -4.17. The Labute approximate surface area is 211 Å². The summed E-state index contributed by atoms with van der Waals surface area (Å²) in [4.78, 5) is 43.3. The topological polar surface area (TPSA) is 132 Å². The summed E-state index contributed by atoms with van der Waals surface area (Å²) in [6.45, 7) is -1.70. The van der Waals surface area contributed by atoms with E-state index < -0.39 is 24.5 Å². The largest absolute Gasteiger partial charge is 0.405 e. The number of ether oxygens (including phenoxy) is 1. The number of methoxy groups -OCH3 is 1. The maximum Gasteiger partial charge on any atom is 0.405 e. The number of nitrogens with zero attached hydrogens (tertiary/aromatic N) is 2. The minimum Gasteiger partial charge on any atom is -0.375 e. The van der Waals surface area contributed by atoms with E-state index in [4.69, 9.17) is 4.74 Å². The molecule has 10 nitrogen and oxygen atoms in total. The Kier molecular flexibility index (Phi) is 7.31. The lowest BCUT2D eigenvalue weighted by Gasteiger charge is -2.16. The minimum absolute atomic E-state index is 0.0824. The number of fused-ring (bicyclic) bond motifs is 1. The van der Waals surface area contributed by atoms with Crippen molar-refractivity contribution < 1.29 is 32.3 Å². The molecule has 0 aliphatic rings. The van der Waals surface area contributed by atoms with Crippen molar-refractivity contribution in [1.82, 2.24) is 20.5 Å². The van der Waals surface area contributed by atoms with Crippen molar-refractivity contribution in [3.05, 3.63) is 53.2 Å². The molecule has 4 N–H and O–H groups in total. The summed E-state index contributed by atoms with van der Waals surface area (Å²) in [6, 6.07) is 7.88. The van der Waals surface area contributed by atoms with Gasteiger partial charge in [0.25, 0.3) is 17.7 Å². The molecule has 0 aliphatic carbocycles. The van der Waals surface area contributed by atoms with E-state index in [2.05, 4.69) is 20.5 Å². The van der Waals surface area contributed by atoms with Crippen LogP contribution in [0.5, 0.6) is 0 Å². The number of H-pyrrole nitrogens is 2. The van der Waals surface area contributed by atoms with E-state index >= 15 is 0 Å². The number of benzene rings is 1. The van der Waals surface area contributed by atoms with Crippen LogP contribution < -0.4 is 15.5 Å². The molecule has 37 heavy (non-hydrogen) atoms. The second-order valence-corrected chi connectivity index (χ2v) is 8.98. The molecule has 3 amide bonds. The fraction of sp³-hybridized carbons (Fsp3) is 0.217. The van der Waals surface area contributed by atoms with Gasteiger partial charge >= 0.3 is 6.18 Å². The van der Waals surface area contributed by atoms with Crippen LogP contribution in [0.2, 0.25) is 0 Å². The number of nitrogens with one attached hydrogen (secondary N) is 4. The van der Waals surface area contributed by atoms with Gasteiger partial charge in [-0.25, -0.2) is 0 Å². The average Bonchev–Trinajstić information content (AvgIpc) is 3.60. The molecule has 14 heteroatoms. The molecular formula is C23H21F3N6O4S. The number of hydrogen-bond donors (Lipinski definition) is 4. The molecule has 3 aromatic heterocycles. The fourth-order valence-corrected chi connectivity index (χ4v) is 4.42.